The molecular formula is C6H8ClN3OS. The van der Waals surface area contributed by atoms with Crippen molar-refractivity contribution in [3.05, 3.63) is 10.5 Å². The third-order valence-corrected chi connectivity index (χ3v) is 2.34. The third kappa shape index (κ3) is 2.35. The summed E-state index contributed by atoms with van der Waals surface area (Å²) in [7, 11) is 0. The van der Waals surface area contributed by atoms with Gasteiger partial charge in [0.25, 0.3) is 0 Å². The van der Waals surface area contributed by atoms with E-state index in [2.05, 4.69) is 10.3 Å². The highest BCUT2D eigenvalue weighted by Crippen LogP contribution is 2.19. The number of nitrogens with one attached hydrogen (secondary N) is 1. The van der Waals surface area contributed by atoms with Crippen molar-refractivity contribution < 1.29 is 4.79 Å². The number of hydrogen-bond donors (Lipinski definition) is 2. The van der Waals surface area contributed by atoms with Gasteiger partial charge in [-0.1, -0.05) is 11.6 Å². The molecule has 0 spiro atoms. The van der Waals surface area contributed by atoms with E-state index in [1.807, 2.05) is 0 Å². The van der Waals surface area contributed by atoms with Gasteiger partial charge in [-0.15, -0.1) is 11.3 Å². The Kier molecular flexibility index (Phi) is 2.88. The van der Waals surface area contributed by atoms with Crippen molar-refractivity contribution in [1.29, 1.82) is 0 Å². The number of amides is 1. The van der Waals surface area contributed by atoms with Crippen LogP contribution >= 0.6 is 22.9 Å². The highest BCUT2D eigenvalue weighted by molar-refractivity contribution is 7.14. The van der Waals surface area contributed by atoms with E-state index in [1.54, 1.807) is 12.3 Å². The molecule has 0 aliphatic carbocycles. The molecule has 0 radical (unpaired) electrons. The minimum atomic E-state index is -0.424. The van der Waals surface area contributed by atoms with Gasteiger partial charge in [0.15, 0.2) is 5.13 Å². The van der Waals surface area contributed by atoms with Gasteiger partial charge < -0.3 is 11.1 Å². The zero-order valence-electron chi connectivity index (χ0n) is 6.37. The monoisotopic (exact) mass is 205 g/mol. The predicted octanol–water partition coefficient (Wildman–Crippen LogP) is 1.08. The molecule has 0 fully saturated rings. The number of nitrogens with two attached hydrogens (primary N) is 1. The van der Waals surface area contributed by atoms with E-state index in [1.165, 1.54) is 11.3 Å². The molecule has 0 aromatic carbocycles. The third-order valence-electron chi connectivity index (χ3n) is 1.24. The van der Waals surface area contributed by atoms with Gasteiger partial charge in [-0.05, 0) is 6.92 Å². The summed E-state index contributed by atoms with van der Waals surface area (Å²) in [5.41, 5.74) is 5.03. The van der Waals surface area contributed by atoms with Crippen LogP contribution in [-0.4, -0.2) is 16.9 Å². The summed E-state index contributed by atoms with van der Waals surface area (Å²) in [6, 6.07) is -0.424. The Bertz CT molecular complexity index is 288. The summed E-state index contributed by atoms with van der Waals surface area (Å²) in [6.45, 7) is 1.66. The van der Waals surface area contributed by atoms with Gasteiger partial charge in [0, 0.05) is 5.38 Å². The lowest BCUT2D eigenvalue weighted by molar-refractivity contribution is -0.118. The summed E-state index contributed by atoms with van der Waals surface area (Å²) in [6.07, 6.45) is 0. The molecule has 1 atom stereocenters. The summed E-state index contributed by atoms with van der Waals surface area (Å²) in [5, 5.41) is 5.51. The molecule has 0 saturated heterocycles. The second-order valence-corrected chi connectivity index (χ2v) is 3.49. The Morgan fingerprint density at radius 1 is 1.92 bits per heavy atom. The van der Waals surface area contributed by atoms with Crippen LogP contribution in [0.1, 0.15) is 6.92 Å². The van der Waals surface area contributed by atoms with E-state index in [4.69, 9.17) is 17.3 Å². The fourth-order valence-corrected chi connectivity index (χ4v) is 1.50. The van der Waals surface area contributed by atoms with Gasteiger partial charge in [-0.2, -0.15) is 0 Å². The molecule has 4 nitrogen and oxygen atoms in total. The van der Waals surface area contributed by atoms with Crippen molar-refractivity contribution in [3.8, 4) is 0 Å². The second-order valence-electron chi connectivity index (χ2n) is 2.24. The summed E-state index contributed by atoms with van der Waals surface area (Å²) in [5.74, 6) is -0.415. The summed E-state index contributed by atoms with van der Waals surface area (Å²) >= 11 is 6.90. The Hall–Kier alpha value is -0.810. The Morgan fingerprint density at radius 2 is 2.58 bits per heavy atom. The largest absolute Gasteiger partial charge is 0.368 e. The maximum absolute atomic E-state index is 10.6. The van der Waals surface area contributed by atoms with Crippen LogP contribution < -0.4 is 11.1 Å². The average molecular weight is 206 g/mol. The van der Waals surface area contributed by atoms with Crippen molar-refractivity contribution in [2.24, 2.45) is 5.73 Å². The first-order valence-corrected chi connectivity index (χ1v) is 4.52. The average Bonchev–Trinajstić information content (AvgIpc) is 2.35. The van der Waals surface area contributed by atoms with Crippen LogP contribution in [0.25, 0.3) is 0 Å². The molecular weight excluding hydrogens is 198 g/mol. The lowest BCUT2D eigenvalue weighted by Gasteiger charge is -2.06. The molecule has 66 valence electrons. The van der Waals surface area contributed by atoms with Crippen LogP contribution in [0.2, 0.25) is 5.15 Å². The van der Waals surface area contributed by atoms with E-state index >= 15 is 0 Å². The van der Waals surface area contributed by atoms with Crippen molar-refractivity contribution in [2.75, 3.05) is 5.32 Å². The molecule has 0 aliphatic rings. The molecule has 0 saturated carbocycles. The van der Waals surface area contributed by atoms with E-state index in [0.717, 1.165) is 0 Å². The molecule has 0 aliphatic heterocycles. The number of anilines is 1. The van der Waals surface area contributed by atoms with Gasteiger partial charge in [0.1, 0.15) is 11.2 Å². The zero-order chi connectivity index (χ0) is 9.14. The molecule has 1 unspecified atom stereocenters. The Labute approximate surface area is 78.7 Å². The Morgan fingerprint density at radius 3 is 3.00 bits per heavy atom. The van der Waals surface area contributed by atoms with Gasteiger partial charge in [0.05, 0.1) is 0 Å². The zero-order valence-corrected chi connectivity index (χ0v) is 7.95. The SMILES string of the molecule is CC(Nc1nc(Cl)cs1)C(N)=O. The first kappa shape index (κ1) is 9.28. The predicted molar refractivity (Wildman–Crippen MR) is 49.4 cm³/mol. The number of primary amides is 1. The minimum Gasteiger partial charge on any atom is -0.368 e. The topological polar surface area (TPSA) is 68.0 Å². The molecule has 1 heterocycles. The minimum absolute atomic E-state index is 0.415. The normalized spacial score (nSPS) is 12.5. The maximum atomic E-state index is 10.6. The highest BCUT2D eigenvalue weighted by Gasteiger charge is 2.09. The van der Waals surface area contributed by atoms with Crippen LogP contribution in [0.4, 0.5) is 5.13 Å². The molecule has 1 amide bonds. The number of carbonyl (C=O) groups is 1. The standard InChI is InChI=1S/C6H8ClN3OS/c1-3(5(8)11)9-6-10-4(7)2-12-6/h2-3H,1H3,(H2,8,11)(H,9,10). The number of nitrogens with zero attached hydrogens (tertiary/aromatic N) is 1. The van der Waals surface area contributed by atoms with E-state index in [0.29, 0.717) is 10.3 Å². The molecule has 1 aromatic rings. The van der Waals surface area contributed by atoms with Gasteiger partial charge in [-0.3, -0.25) is 4.79 Å². The highest BCUT2D eigenvalue weighted by atomic mass is 35.5. The van der Waals surface area contributed by atoms with E-state index < -0.39 is 11.9 Å². The lowest BCUT2D eigenvalue weighted by atomic mass is 10.3. The quantitative estimate of drug-likeness (QED) is 0.776. The van der Waals surface area contributed by atoms with Crippen LogP contribution in [0.15, 0.2) is 5.38 Å². The van der Waals surface area contributed by atoms with Gasteiger partial charge in [-0.25, -0.2) is 4.98 Å². The van der Waals surface area contributed by atoms with Gasteiger partial charge >= 0.3 is 0 Å². The molecule has 6 heteroatoms. The summed E-state index contributed by atoms with van der Waals surface area (Å²) < 4.78 is 0. The maximum Gasteiger partial charge on any atom is 0.239 e. The lowest BCUT2D eigenvalue weighted by Crippen LogP contribution is -2.32. The van der Waals surface area contributed by atoms with Crippen LogP contribution in [0.5, 0.6) is 0 Å². The number of aromatic nitrogens is 1. The molecule has 1 aromatic heterocycles. The fourth-order valence-electron chi connectivity index (χ4n) is 0.577. The number of rotatable bonds is 3. The smallest absolute Gasteiger partial charge is 0.239 e. The number of halogens is 1. The number of hydrogen-bond acceptors (Lipinski definition) is 4. The molecule has 1 rings (SSSR count). The van der Waals surface area contributed by atoms with E-state index in [9.17, 15) is 4.79 Å². The van der Waals surface area contributed by atoms with Crippen LogP contribution in [0, 0.1) is 0 Å². The molecule has 3 N–H and O–H groups in total. The first-order valence-electron chi connectivity index (χ1n) is 3.26. The van der Waals surface area contributed by atoms with Crippen LogP contribution in [-0.2, 0) is 4.79 Å². The summed E-state index contributed by atoms with van der Waals surface area (Å²) in [4.78, 5) is 14.5. The van der Waals surface area contributed by atoms with Crippen molar-refractivity contribution in [1.82, 2.24) is 4.98 Å². The molecule has 0 bridgehead atoms. The second kappa shape index (κ2) is 3.73. The first-order chi connectivity index (χ1) is 5.59. The molecule has 12 heavy (non-hydrogen) atoms. The van der Waals surface area contributed by atoms with Crippen LogP contribution in [0.3, 0.4) is 0 Å². The Balaban J connectivity index is 2.58. The van der Waals surface area contributed by atoms with Crippen molar-refractivity contribution in [2.45, 2.75) is 13.0 Å². The van der Waals surface area contributed by atoms with Crippen molar-refractivity contribution >= 4 is 34.0 Å². The van der Waals surface area contributed by atoms with E-state index in [-0.39, 0.29) is 0 Å². The van der Waals surface area contributed by atoms with Crippen molar-refractivity contribution in [3.63, 3.8) is 0 Å². The number of thiazole rings is 1. The van der Waals surface area contributed by atoms with Gasteiger partial charge in [0.2, 0.25) is 5.91 Å². The number of carbonyl (C=O) groups excluding carboxylic acids is 1. The fraction of sp³-hybridized carbons (Fsp3) is 0.333.